The van der Waals surface area contributed by atoms with Crippen LogP contribution in [0.15, 0.2) is 59.5 Å². The van der Waals surface area contributed by atoms with E-state index in [1.165, 1.54) is 6.07 Å². The van der Waals surface area contributed by atoms with Gasteiger partial charge in [-0.25, -0.2) is 18.0 Å². The van der Waals surface area contributed by atoms with Crippen molar-refractivity contribution in [1.29, 1.82) is 0 Å². The molecule has 5 rings (SSSR count). The summed E-state index contributed by atoms with van der Waals surface area (Å²) in [7, 11) is 0. The first-order valence-corrected chi connectivity index (χ1v) is 9.74. The van der Waals surface area contributed by atoms with Crippen molar-refractivity contribution in [3.05, 3.63) is 99.1 Å². The van der Waals surface area contributed by atoms with Gasteiger partial charge in [0.15, 0.2) is 0 Å². The van der Waals surface area contributed by atoms with E-state index in [0.29, 0.717) is 18.2 Å². The highest BCUT2D eigenvalue weighted by molar-refractivity contribution is 5.94. The fourth-order valence-electron chi connectivity index (χ4n) is 4.06. The summed E-state index contributed by atoms with van der Waals surface area (Å²) >= 11 is 0. The van der Waals surface area contributed by atoms with Gasteiger partial charge < -0.3 is 15.0 Å². The highest BCUT2D eigenvalue weighted by Gasteiger charge is 2.20. The van der Waals surface area contributed by atoms with E-state index in [-0.39, 0.29) is 22.2 Å². The molecule has 0 aliphatic carbocycles. The van der Waals surface area contributed by atoms with Gasteiger partial charge in [-0.15, -0.1) is 0 Å². The Bertz CT molecular complexity index is 1490. The molecule has 0 bridgehead atoms. The highest BCUT2D eigenvalue weighted by atomic mass is 19.1. The number of carbonyl (C=O) groups is 1. The molecule has 0 saturated carbocycles. The second-order valence-electron chi connectivity index (χ2n) is 7.58. The molecule has 0 radical (unpaired) electrons. The second-order valence-corrected chi connectivity index (χ2v) is 7.58. The van der Waals surface area contributed by atoms with Crippen molar-refractivity contribution < 1.29 is 23.1 Å². The monoisotopic (exact) mass is 436 g/mol. The van der Waals surface area contributed by atoms with E-state index in [1.807, 2.05) is 12.1 Å². The van der Waals surface area contributed by atoms with Crippen molar-refractivity contribution in [3.8, 4) is 16.8 Å². The zero-order valence-corrected chi connectivity index (χ0v) is 16.5. The predicted octanol–water partition coefficient (Wildman–Crippen LogP) is 4.38. The van der Waals surface area contributed by atoms with Crippen LogP contribution in [0.3, 0.4) is 0 Å². The largest absolute Gasteiger partial charge is 0.477 e. The number of carboxylic acid groups (broad SMARTS) is 1. The average molecular weight is 436 g/mol. The normalized spacial score (nSPS) is 12.8. The topological polar surface area (TPSA) is 71.3 Å². The number of benzene rings is 3. The summed E-state index contributed by atoms with van der Waals surface area (Å²) in [4.78, 5) is 24.3. The molecule has 5 nitrogen and oxygen atoms in total. The quantitative estimate of drug-likeness (QED) is 0.500. The fraction of sp³-hybridized carbons (Fsp3) is 0.0833. The molecule has 0 saturated heterocycles. The van der Waals surface area contributed by atoms with Gasteiger partial charge in [0.2, 0.25) is 5.43 Å². The first-order chi connectivity index (χ1) is 15.3. The van der Waals surface area contributed by atoms with Crippen LogP contribution in [-0.2, 0) is 13.1 Å². The van der Waals surface area contributed by atoms with Crippen LogP contribution >= 0.6 is 0 Å². The van der Waals surface area contributed by atoms with E-state index in [1.54, 1.807) is 6.07 Å². The summed E-state index contributed by atoms with van der Waals surface area (Å²) in [5.74, 6) is -4.02. The maximum absolute atomic E-state index is 15.1. The SMILES string of the molecule is O=C(O)c1cn(-c2ccc(F)cc2F)c2cc(-c3ccc4c(c3)CNC4)c(F)cc2c1=O. The lowest BCUT2D eigenvalue weighted by Gasteiger charge is -2.15. The third-order valence-electron chi connectivity index (χ3n) is 5.64. The molecule has 1 aliphatic heterocycles. The van der Waals surface area contributed by atoms with E-state index in [4.69, 9.17) is 0 Å². The molecule has 8 heteroatoms. The Hall–Kier alpha value is -3.91. The molecule has 32 heavy (non-hydrogen) atoms. The van der Waals surface area contributed by atoms with E-state index >= 15 is 4.39 Å². The summed E-state index contributed by atoms with van der Waals surface area (Å²) < 4.78 is 44.3. The third-order valence-corrected chi connectivity index (χ3v) is 5.64. The molecule has 0 amide bonds. The molecule has 2 heterocycles. The van der Waals surface area contributed by atoms with Crippen molar-refractivity contribution >= 4 is 16.9 Å². The number of carboxylic acids is 1. The number of pyridine rings is 1. The van der Waals surface area contributed by atoms with Gasteiger partial charge in [-0.3, -0.25) is 4.79 Å². The van der Waals surface area contributed by atoms with Crippen LogP contribution in [0.5, 0.6) is 0 Å². The second kappa shape index (κ2) is 7.35. The molecule has 0 unspecified atom stereocenters. The molecule has 160 valence electrons. The van der Waals surface area contributed by atoms with E-state index in [9.17, 15) is 23.5 Å². The van der Waals surface area contributed by atoms with Gasteiger partial charge in [0.1, 0.15) is 23.0 Å². The molecule has 0 fully saturated rings. The van der Waals surface area contributed by atoms with Crippen LogP contribution in [0, 0.1) is 17.5 Å². The van der Waals surface area contributed by atoms with Crippen molar-refractivity contribution in [1.82, 2.24) is 9.88 Å². The van der Waals surface area contributed by atoms with Gasteiger partial charge in [0, 0.05) is 36.3 Å². The minimum Gasteiger partial charge on any atom is -0.477 e. The number of aromatic nitrogens is 1. The molecule has 0 atom stereocenters. The van der Waals surface area contributed by atoms with Gasteiger partial charge in [0.25, 0.3) is 0 Å². The summed E-state index contributed by atoms with van der Waals surface area (Å²) in [6.45, 7) is 1.36. The number of rotatable bonds is 3. The zero-order chi connectivity index (χ0) is 22.6. The van der Waals surface area contributed by atoms with Crippen molar-refractivity contribution in [2.45, 2.75) is 13.1 Å². The minimum atomic E-state index is -1.54. The van der Waals surface area contributed by atoms with Crippen LogP contribution in [0.4, 0.5) is 13.2 Å². The molecule has 4 aromatic rings. The number of nitrogens with zero attached hydrogens (tertiary/aromatic N) is 1. The number of nitrogens with one attached hydrogen (secondary N) is 1. The summed E-state index contributed by atoms with van der Waals surface area (Å²) in [5, 5.41) is 12.4. The minimum absolute atomic E-state index is 0.0977. The van der Waals surface area contributed by atoms with Crippen molar-refractivity contribution in [2.75, 3.05) is 0 Å². The molecular weight excluding hydrogens is 421 g/mol. The Kier molecular flexibility index (Phi) is 4.60. The predicted molar refractivity (Wildman–Crippen MR) is 112 cm³/mol. The Balaban J connectivity index is 1.83. The van der Waals surface area contributed by atoms with Gasteiger partial charge in [0.05, 0.1) is 11.2 Å². The number of hydrogen-bond donors (Lipinski definition) is 2. The molecule has 1 aliphatic rings. The van der Waals surface area contributed by atoms with Crippen molar-refractivity contribution in [2.24, 2.45) is 0 Å². The average Bonchev–Trinajstić information content (AvgIpc) is 3.22. The standard InChI is InChI=1S/C24H15F3N2O3/c25-15-3-4-21(20(27)6-15)29-11-18(24(31)32)23(30)17-7-19(26)16(8-22(17)29)12-1-2-13-9-28-10-14(13)5-12/h1-8,11,28H,9-10H2,(H,31,32). The van der Waals surface area contributed by atoms with Gasteiger partial charge in [-0.05, 0) is 47.0 Å². The lowest BCUT2D eigenvalue weighted by molar-refractivity contribution is 0.0695. The molecule has 2 N–H and O–H groups in total. The Labute approximate surface area is 179 Å². The van der Waals surface area contributed by atoms with Crippen LogP contribution < -0.4 is 10.7 Å². The Morgan fingerprint density at radius 3 is 2.47 bits per heavy atom. The van der Waals surface area contributed by atoms with Crippen LogP contribution in [-0.4, -0.2) is 15.6 Å². The summed E-state index contributed by atoms with van der Waals surface area (Å²) in [6, 6.07) is 10.6. The lowest BCUT2D eigenvalue weighted by Crippen LogP contribution is -2.19. The maximum atomic E-state index is 15.1. The molecule has 3 aromatic carbocycles. The van der Waals surface area contributed by atoms with Gasteiger partial charge >= 0.3 is 5.97 Å². The fourth-order valence-corrected chi connectivity index (χ4v) is 4.06. The van der Waals surface area contributed by atoms with E-state index in [0.717, 1.165) is 46.6 Å². The van der Waals surface area contributed by atoms with Crippen LogP contribution in [0.25, 0.3) is 27.7 Å². The maximum Gasteiger partial charge on any atom is 0.341 e. The summed E-state index contributed by atoms with van der Waals surface area (Å²) in [6.07, 6.45) is 0.970. The van der Waals surface area contributed by atoms with Crippen LogP contribution in [0.1, 0.15) is 21.5 Å². The number of fused-ring (bicyclic) bond motifs is 2. The number of halogens is 3. The molecular formula is C24H15F3N2O3. The first-order valence-electron chi connectivity index (χ1n) is 9.74. The van der Waals surface area contributed by atoms with Crippen molar-refractivity contribution in [3.63, 3.8) is 0 Å². The number of aromatic carboxylic acids is 1. The first kappa shape index (κ1) is 20.0. The zero-order valence-electron chi connectivity index (χ0n) is 16.5. The summed E-state index contributed by atoms with van der Waals surface area (Å²) in [5.41, 5.74) is 1.23. The molecule has 1 aromatic heterocycles. The van der Waals surface area contributed by atoms with Gasteiger partial charge in [-0.1, -0.05) is 12.1 Å². The smallest absolute Gasteiger partial charge is 0.341 e. The Morgan fingerprint density at radius 1 is 0.938 bits per heavy atom. The third kappa shape index (κ3) is 3.16. The molecule has 0 spiro atoms. The van der Waals surface area contributed by atoms with Gasteiger partial charge in [-0.2, -0.15) is 0 Å². The number of hydrogen-bond acceptors (Lipinski definition) is 3. The Morgan fingerprint density at radius 2 is 1.72 bits per heavy atom. The van der Waals surface area contributed by atoms with E-state index < -0.39 is 34.4 Å². The highest BCUT2D eigenvalue weighted by Crippen LogP contribution is 2.31. The lowest BCUT2D eigenvalue weighted by atomic mass is 9.98. The van der Waals surface area contributed by atoms with Crippen LogP contribution in [0.2, 0.25) is 0 Å². The van der Waals surface area contributed by atoms with E-state index in [2.05, 4.69) is 5.32 Å².